The Morgan fingerprint density at radius 3 is 2.43 bits per heavy atom. The minimum Gasteiger partial charge on any atom is -0.346 e. The summed E-state index contributed by atoms with van der Waals surface area (Å²) in [7, 11) is 0. The van der Waals surface area contributed by atoms with Crippen molar-refractivity contribution in [3.05, 3.63) is 35.4 Å². The van der Waals surface area contributed by atoms with Crippen LogP contribution < -0.4 is 11.1 Å². The Balaban J connectivity index is 2.01. The molecule has 1 saturated heterocycles. The maximum atomic E-state index is 12.5. The van der Waals surface area contributed by atoms with E-state index < -0.39 is 0 Å². The smallest absolute Gasteiger partial charge is 0.251 e. The van der Waals surface area contributed by atoms with Crippen molar-refractivity contribution < 1.29 is 4.79 Å². The fourth-order valence-electron chi connectivity index (χ4n) is 2.90. The van der Waals surface area contributed by atoms with Gasteiger partial charge in [-0.1, -0.05) is 26.0 Å². The summed E-state index contributed by atoms with van der Waals surface area (Å²) in [4.78, 5) is 12.5. The van der Waals surface area contributed by atoms with E-state index in [2.05, 4.69) is 31.3 Å². The molecule has 1 unspecified atom stereocenters. The molecule has 0 aromatic heterocycles. The zero-order valence-corrected chi connectivity index (χ0v) is 15.9. The van der Waals surface area contributed by atoms with Gasteiger partial charge in [0.1, 0.15) is 0 Å². The SMILES string of the molecule is CC(C)CC(C)(CN)NC(=O)c1ccc(C2SCCCS2)cc1. The van der Waals surface area contributed by atoms with Crippen LogP contribution in [0.1, 0.15) is 54.1 Å². The van der Waals surface area contributed by atoms with Crippen molar-refractivity contribution in [3.63, 3.8) is 0 Å². The first-order chi connectivity index (χ1) is 10.9. The summed E-state index contributed by atoms with van der Waals surface area (Å²) in [6, 6.07) is 8.06. The Bertz CT molecular complexity index is 512. The van der Waals surface area contributed by atoms with Crippen LogP contribution in [0, 0.1) is 5.92 Å². The second kappa shape index (κ2) is 8.45. The van der Waals surface area contributed by atoms with Gasteiger partial charge < -0.3 is 11.1 Å². The number of hydrogen-bond donors (Lipinski definition) is 2. The lowest BCUT2D eigenvalue weighted by atomic mass is 9.90. The molecule has 1 amide bonds. The Kier molecular flexibility index (Phi) is 6.86. The summed E-state index contributed by atoms with van der Waals surface area (Å²) in [5.41, 5.74) is 7.55. The maximum Gasteiger partial charge on any atom is 0.251 e. The fourth-order valence-corrected chi connectivity index (χ4v) is 5.80. The van der Waals surface area contributed by atoms with Crippen molar-refractivity contribution in [2.75, 3.05) is 18.1 Å². The highest BCUT2D eigenvalue weighted by Crippen LogP contribution is 2.43. The molecule has 1 aliphatic heterocycles. The third-order valence-corrected chi connectivity index (χ3v) is 7.01. The van der Waals surface area contributed by atoms with E-state index in [-0.39, 0.29) is 11.4 Å². The summed E-state index contributed by atoms with van der Waals surface area (Å²) in [6.07, 6.45) is 2.17. The molecule has 0 saturated carbocycles. The van der Waals surface area contributed by atoms with Crippen LogP contribution in [-0.2, 0) is 0 Å². The van der Waals surface area contributed by atoms with Crippen molar-refractivity contribution in [2.45, 2.75) is 43.7 Å². The molecule has 0 radical (unpaired) electrons. The molecule has 23 heavy (non-hydrogen) atoms. The van der Waals surface area contributed by atoms with Gasteiger partial charge in [0.25, 0.3) is 5.91 Å². The van der Waals surface area contributed by atoms with Crippen LogP contribution in [0.5, 0.6) is 0 Å². The van der Waals surface area contributed by atoms with Crippen LogP contribution in [0.3, 0.4) is 0 Å². The summed E-state index contributed by atoms with van der Waals surface area (Å²) in [6.45, 7) is 6.77. The molecule has 2 rings (SSSR count). The summed E-state index contributed by atoms with van der Waals surface area (Å²) in [5, 5.41) is 3.12. The zero-order valence-electron chi connectivity index (χ0n) is 14.3. The van der Waals surface area contributed by atoms with Crippen LogP contribution >= 0.6 is 23.5 Å². The lowest BCUT2D eigenvalue weighted by molar-refractivity contribution is 0.0898. The van der Waals surface area contributed by atoms with Gasteiger partial charge in [0, 0.05) is 17.6 Å². The van der Waals surface area contributed by atoms with Gasteiger partial charge >= 0.3 is 0 Å². The Morgan fingerprint density at radius 2 is 1.91 bits per heavy atom. The number of carbonyl (C=O) groups is 1. The highest BCUT2D eigenvalue weighted by Gasteiger charge is 2.26. The molecule has 0 aliphatic carbocycles. The number of thioether (sulfide) groups is 2. The van der Waals surface area contributed by atoms with E-state index in [1.165, 1.54) is 23.5 Å². The second-order valence-electron chi connectivity index (χ2n) is 6.87. The quantitative estimate of drug-likeness (QED) is 0.811. The molecule has 5 heteroatoms. The van der Waals surface area contributed by atoms with E-state index >= 15 is 0 Å². The van der Waals surface area contributed by atoms with E-state index in [0.29, 0.717) is 22.6 Å². The first kappa shape index (κ1) is 18.7. The Morgan fingerprint density at radius 1 is 1.30 bits per heavy atom. The first-order valence-electron chi connectivity index (χ1n) is 8.29. The van der Waals surface area contributed by atoms with Gasteiger partial charge in [0.2, 0.25) is 0 Å². The molecule has 0 spiro atoms. The number of hydrogen-bond acceptors (Lipinski definition) is 4. The van der Waals surface area contributed by atoms with Crippen molar-refractivity contribution in [1.29, 1.82) is 0 Å². The number of amides is 1. The van der Waals surface area contributed by atoms with Gasteiger partial charge in [-0.05, 0) is 54.9 Å². The summed E-state index contributed by atoms with van der Waals surface area (Å²) in [5.74, 6) is 2.91. The lowest BCUT2D eigenvalue weighted by Crippen LogP contribution is -2.52. The van der Waals surface area contributed by atoms with E-state index in [1.54, 1.807) is 0 Å². The normalized spacial score (nSPS) is 18.7. The first-order valence-corrected chi connectivity index (χ1v) is 10.4. The molecule has 1 aromatic carbocycles. The fraction of sp³-hybridized carbons (Fsp3) is 0.611. The van der Waals surface area contributed by atoms with Crippen LogP contribution in [-0.4, -0.2) is 29.5 Å². The maximum absolute atomic E-state index is 12.5. The molecule has 3 nitrogen and oxygen atoms in total. The highest BCUT2D eigenvalue weighted by molar-refractivity contribution is 8.16. The van der Waals surface area contributed by atoms with Crippen LogP contribution in [0.2, 0.25) is 0 Å². The monoisotopic (exact) mass is 352 g/mol. The lowest BCUT2D eigenvalue weighted by Gasteiger charge is -2.31. The molecule has 1 atom stereocenters. The van der Waals surface area contributed by atoms with Crippen molar-refractivity contribution in [1.82, 2.24) is 5.32 Å². The number of rotatable bonds is 6. The molecule has 1 fully saturated rings. The van der Waals surface area contributed by atoms with Gasteiger partial charge in [0.05, 0.1) is 4.58 Å². The molecule has 0 bridgehead atoms. The Hall–Kier alpha value is -0.650. The van der Waals surface area contributed by atoms with E-state index in [0.717, 1.165) is 6.42 Å². The summed E-state index contributed by atoms with van der Waals surface area (Å²) < 4.78 is 0.510. The molecular formula is C18H28N2OS2. The topological polar surface area (TPSA) is 55.1 Å². The predicted octanol–water partition coefficient (Wildman–Crippen LogP) is 4.05. The van der Waals surface area contributed by atoms with Crippen molar-refractivity contribution in [3.8, 4) is 0 Å². The minimum atomic E-state index is -0.348. The standard InChI is InChI=1S/C18H28N2OS2/c1-13(2)11-18(3,12-19)20-16(21)14-5-7-15(8-6-14)17-22-9-4-10-23-17/h5-8,13,17H,4,9-12,19H2,1-3H3,(H,20,21). The summed E-state index contributed by atoms with van der Waals surface area (Å²) >= 11 is 3.99. The largest absolute Gasteiger partial charge is 0.346 e. The molecule has 1 heterocycles. The molecule has 3 N–H and O–H groups in total. The van der Waals surface area contributed by atoms with Gasteiger partial charge in [-0.3, -0.25) is 4.79 Å². The molecule has 1 aromatic rings. The average molecular weight is 353 g/mol. The number of benzene rings is 1. The third-order valence-electron chi connectivity index (χ3n) is 4.00. The van der Waals surface area contributed by atoms with Gasteiger partial charge in [-0.2, -0.15) is 0 Å². The number of nitrogens with two attached hydrogens (primary N) is 1. The molecule has 128 valence electrons. The van der Waals surface area contributed by atoms with Crippen molar-refractivity contribution >= 4 is 29.4 Å². The minimum absolute atomic E-state index is 0.0332. The van der Waals surface area contributed by atoms with Gasteiger partial charge in [-0.15, -0.1) is 23.5 Å². The van der Waals surface area contributed by atoms with Crippen LogP contribution in [0.4, 0.5) is 0 Å². The average Bonchev–Trinajstić information content (AvgIpc) is 2.55. The molecule has 1 aliphatic rings. The van der Waals surface area contributed by atoms with Crippen LogP contribution in [0.15, 0.2) is 24.3 Å². The zero-order chi connectivity index (χ0) is 16.9. The van der Waals surface area contributed by atoms with E-state index in [4.69, 9.17) is 5.73 Å². The molecular weight excluding hydrogens is 324 g/mol. The highest BCUT2D eigenvalue weighted by atomic mass is 32.2. The van der Waals surface area contributed by atoms with Crippen molar-refractivity contribution in [2.24, 2.45) is 11.7 Å². The predicted molar refractivity (Wildman–Crippen MR) is 103 cm³/mol. The van der Waals surface area contributed by atoms with Gasteiger partial charge in [-0.25, -0.2) is 0 Å². The number of nitrogens with one attached hydrogen (secondary N) is 1. The third kappa shape index (κ3) is 5.44. The second-order valence-corrected chi connectivity index (χ2v) is 9.59. The van der Waals surface area contributed by atoms with Crippen LogP contribution in [0.25, 0.3) is 0 Å². The Labute approximate surface area is 148 Å². The van der Waals surface area contributed by atoms with E-state index in [9.17, 15) is 4.79 Å². The number of carbonyl (C=O) groups excluding carboxylic acids is 1. The van der Waals surface area contributed by atoms with Gasteiger partial charge in [0.15, 0.2) is 0 Å². The van der Waals surface area contributed by atoms with E-state index in [1.807, 2.05) is 42.6 Å².